The molecule has 1 heterocycles. The fourth-order valence-corrected chi connectivity index (χ4v) is 0.635. The summed E-state index contributed by atoms with van der Waals surface area (Å²) in [7, 11) is -1.41. The first-order valence-corrected chi connectivity index (χ1v) is 2.60. The third-order valence-electron chi connectivity index (χ3n) is 1.17. The van der Waals surface area contributed by atoms with E-state index in [4.69, 9.17) is 10.0 Å². The largest absolute Gasteiger partial charge is 0.492 e. The normalized spacial score (nSPS) is 9.67. The average Bonchev–Trinajstić information content (AvgIpc) is 2.13. The van der Waals surface area contributed by atoms with E-state index in [0.29, 0.717) is 5.46 Å². The Morgan fingerprint density at radius 3 is 2.33 bits per heavy atom. The van der Waals surface area contributed by atoms with Gasteiger partial charge in [0, 0.05) is 5.46 Å². The first-order chi connectivity index (χ1) is 4.22. The lowest BCUT2D eigenvalue weighted by atomic mass is 9.80. The maximum absolute atomic E-state index is 8.59. The monoisotopic (exact) mass is 126 g/mol. The number of furan rings is 1. The van der Waals surface area contributed by atoms with E-state index in [0.717, 1.165) is 5.56 Å². The smallest absolute Gasteiger partial charge is 0.473 e. The third-order valence-corrected chi connectivity index (χ3v) is 1.17. The quantitative estimate of drug-likeness (QED) is 0.487. The molecule has 0 radical (unpaired) electrons. The molecule has 0 fully saturated rings. The lowest BCUT2D eigenvalue weighted by Gasteiger charge is -1.91. The second-order valence-electron chi connectivity index (χ2n) is 1.88. The summed E-state index contributed by atoms with van der Waals surface area (Å²) in [5.41, 5.74) is 1.18. The van der Waals surface area contributed by atoms with Gasteiger partial charge in [-0.05, 0) is 12.5 Å². The highest BCUT2D eigenvalue weighted by atomic mass is 16.4. The van der Waals surface area contributed by atoms with Gasteiger partial charge in [-0.15, -0.1) is 0 Å². The molecule has 0 atom stereocenters. The number of rotatable bonds is 1. The van der Waals surface area contributed by atoms with Crippen LogP contribution in [0.5, 0.6) is 0 Å². The molecule has 0 aromatic carbocycles. The fraction of sp³-hybridized carbons (Fsp3) is 0.200. The van der Waals surface area contributed by atoms with Crippen molar-refractivity contribution in [3.05, 3.63) is 18.1 Å². The zero-order valence-corrected chi connectivity index (χ0v) is 5.03. The molecule has 4 heteroatoms. The average molecular weight is 126 g/mol. The molecule has 0 aliphatic heterocycles. The van der Waals surface area contributed by atoms with E-state index >= 15 is 0 Å². The van der Waals surface area contributed by atoms with Crippen molar-refractivity contribution >= 4 is 12.6 Å². The molecule has 0 spiro atoms. The van der Waals surface area contributed by atoms with Crippen LogP contribution in [0, 0.1) is 6.92 Å². The molecule has 9 heavy (non-hydrogen) atoms. The van der Waals surface area contributed by atoms with Crippen molar-refractivity contribution in [2.45, 2.75) is 6.92 Å². The van der Waals surface area contributed by atoms with Gasteiger partial charge in [0.15, 0.2) is 0 Å². The Balaban J connectivity index is 2.94. The summed E-state index contributed by atoms with van der Waals surface area (Å²) in [6.45, 7) is 1.75. The van der Waals surface area contributed by atoms with Gasteiger partial charge in [0.25, 0.3) is 0 Å². The van der Waals surface area contributed by atoms with Crippen molar-refractivity contribution in [1.82, 2.24) is 0 Å². The number of aryl methyl sites for hydroxylation is 1. The predicted octanol–water partition coefficient (Wildman–Crippen LogP) is -0.732. The van der Waals surface area contributed by atoms with E-state index in [1.165, 1.54) is 12.5 Å². The molecule has 0 amide bonds. The Morgan fingerprint density at radius 2 is 2.11 bits per heavy atom. The summed E-state index contributed by atoms with van der Waals surface area (Å²) >= 11 is 0. The summed E-state index contributed by atoms with van der Waals surface area (Å²) < 4.78 is 4.69. The first kappa shape index (κ1) is 6.39. The third kappa shape index (κ3) is 1.14. The Morgan fingerprint density at radius 1 is 1.44 bits per heavy atom. The lowest BCUT2D eigenvalue weighted by Crippen LogP contribution is -2.30. The molecular weight excluding hydrogens is 119 g/mol. The minimum atomic E-state index is -1.41. The van der Waals surface area contributed by atoms with Gasteiger partial charge in [-0.2, -0.15) is 0 Å². The van der Waals surface area contributed by atoms with E-state index in [1.54, 1.807) is 6.92 Å². The second kappa shape index (κ2) is 2.25. The van der Waals surface area contributed by atoms with Crippen LogP contribution in [-0.2, 0) is 0 Å². The van der Waals surface area contributed by atoms with Crippen molar-refractivity contribution in [3.63, 3.8) is 0 Å². The van der Waals surface area contributed by atoms with Gasteiger partial charge in [0.05, 0.1) is 12.5 Å². The Kier molecular flexibility index (Phi) is 1.59. The molecule has 48 valence electrons. The van der Waals surface area contributed by atoms with E-state index in [1.807, 2.05) is 0 Å². The first-order valence-electron chi connectivity index (χ1n) is 2.60. The highest BCUT2D eigenvalue weighted by molar-refractivity contribution is 6.59. The van der Waals surface area contributed by atoms with Crippen LogP contribution in [0.2, 0.25) is 0 Å². The summed E-state index contributed by atoms with van der Waals surface area (Å²) in [5.74, 6) is 0. The highest BCUT2D eigenvalue weighted by Gasteiger charge is 2.14. The number of hydrogen-bond donors (Lipinski definition) is 2. The number of hydrogen-bond acceptors (Lipinski definition) is 3. The Bertz CT molecular complexity index is 194. The molecule has 0 saturated carbocycles. The van der Waals surface area contributed by atoms with E-state index < -0.39 is 7.12 Å². The van der Waals surface area contributed by atoms with Crippen LogP contribution in [0.25, 0.3) is 0 Å². The zero-order chi connectivity index (χ0) is 6.85. The standard InChI is InChI=1S/C5H7BO3/c1-4-2-9-3-5(4)6(7)8/h2-3,7-8H,1H3. The van der Waals surface area contributed by atoms with Crippen LogP contribution in [0.1, 0.15) is 5.56 Å². The van der Waals surface area contributed by atoms with Gasteiger partial charge in [0.2, 0.25) is 0 Å². The summed E-state index contributed by atoms with van der Waals surface area (Å²) in [6, 6.07) is 0. The maximum atomic E-state index is 8.59. The maximum Gasteiger partial charge on any atom is 0.492 e. The van der Waals surface area contributed by atoms with E-state index in [-0.39, 0.29) is 0 Å². The fourth-order valence-electron chi connectivity index (χ4n) is 0.635. The Labute approximate surface area is 53.1 Å². The zero-order valence-electron chi connectivity index (χ0n) is 5.03. The molecule has 1 aromatic heterocycles. The van der Waals surface area contributed by atoms with Crippen LogP contribution in [0.3, 0.4) is 0 Å². The molecule has 0 bridgehead atoms. The van der Waals surface area contributed by atoms with E-state index in [9.17, 15) is 0 Å². The SMILES string of the molecule is Cc1cocc1B(O)O. The van der Waals surface area contributed by atoms with Crippen LogP contribution in [0.15, 0.2) is 16.9 Å². The van der Waals surface area contributed by atoms with Crippen LogP contribution in [-0.4, -0.2) is 17.2 Å². The van der Waals surface area contributed by atoms with Gasteiger partial charge >= 0.3 is 7.12 Å². The van der Waals surface area contributed by atoms with E-state index in [2.05, 4.69) is 4.42 Å². The molecule has 0 unspecified atom stereocenters. The summed E-state index contributed by atoms with van der Waals surface area (Å²) in [4.78, 5) is 0. The van der Waals surface area contributed by atoms with Crippen molar-refractivity contribution in [3.8, 4) is 0 Å². The summed E-state index contributed by atoms with van der Waals surface area (Å²) in [5, 5.41) is 17.2. The molecule has 1 aromatic rings. The van der Waals surface area contributed by atoms with Crippen molar-refractivity contribution in [2.24, 2.45) is 0 Å². The van der Waals surface area contributed by atoms with Crippen molar-refractivity contribution in [2.75, 3.05) is 0 Å². The van der Waals surface area contributed by atoms with Gasteiger partial charge in [-0.25, -0.2) is 0 Å². The summed E-state index contributed by atoms with van der Waals surface area (Å²) in [6.07, 6.45) is 2.79. The molecule has 3 nitrogen and oxygen atoms in total. The predicted molar refractivity (Wildman–Crippen MR) is 33.3 cm³/mol. The minimum Gasteiger partial charge on any atom is -0.473 e. The minimum absolute atomic E-state index is 0.426. The highest BCUT2D eigenvalue weighted by Crippen LogP contribution is 1.93. The van der Waals surface area contributed by atoms with Crippen LogP contribution >= 0.6 is 0 Å². The van der Waals surface area contributed by atoms with Crippen LogP contribution < -0.4 is 5.46 Å². The lowest BCUT2D eigenvalue weighted by molar-refractivity contribution is 0.425. The van der Waals surface area contributed by atoms with Gasteiger partial charge in [-0.3, -0.25) is 0 Å². The Hall–Kier alpha value is -0.735. The second-order valence-corrected chi connectivity index (χ2v) is 1.88. The molecule has 0 aliphatic carbocycles. The molecule has 2 N–H and O–H groups in total. The van der Waals surface area contributed by atoms with Crippen LogP contribution in [0.4, 0.5) is 0 Å². The van der Waals surface area contributed by atoms with Gasteiger partial charge in [-0.1, -0.05) is 0 Å². The van der Waals surface area contributed by atoms with Crippen molar-refractivity contribution < 1.29 is 14.5 Å². The van der Waals surface area contributed by atoms with Gasteiger partial charge < -0.3 is 14.5 Å². The molecule has 1 rings (SSSR count). The van der Waals surface area contributed by atoms with Gasteiger partial charge in [0.1, 0.15) is 0 Å². The molecule has 0 saturated heterocycles. The topological polar surface area (TPSA) is 53.6 Å². The molecule has 0 aliphatic rings. The molecular formula is C5H7BO3. The van der Waals surface area contributed by atoms with Crippen molar-refractivity contribution in [1.29, 1.82) is 0 Å².